The molecule has 2 rings (SSSR count). The van der Waals surface area contributed by atoms with E-state index in [-0.39, 0.29) is 18.3 Å². The molecule has 76 valence electrons. The second-order valence-electron chi connectivity index (χ2n) is 3.33. The minimum absolute atomic E-state index is 0.140. The predicted octanol–water partition coefficient (Wildman–Crippen LogP) is 1.67. The van der Waals surface area contributed by atoms with Gasteiger partial charge < -0.3 is 15.2 Å². The van der Waals surface area contributed by atoms with E-state index in [1.165, 1.54) is 6.07 Å². The number of benzene rings is 1. The van der Waals surface area contributed by atoms with Crippen LogP contribution in [0.15, 0.2) is 18.2 Å². The summed E-state index contributed by atoms with van der Waals surface area (Å²) >= 11 is 0. The van der Waals surface area contributed by atoms with Gasteiger partial charge in [0.25, 0.3) is 0 Å². The third-order valence-corrected chi connectivity index (χ3v) is 2.15. The van der Waals surface area contributed by atoms with Gasteiger partial charge in [0.15, 0.2) is 12.6 Å². The summed E-state index contributed by atoms with van der Waals surface area (Å²) in [5, 5.41) is 0. The summed E-state index contributed by atoms with van der Waals surface area (Å²) < 4.78 is 23.5. The Hall–Kier alpha value is -1.13. The van der Waals surface area contributed by atoms with Crippen LogP contribution >= 0.6 is 0 Å². The van der Waals surface area contributed by atoms with E-state index in [4.69, 9.17) is 15.2 Å². The number of rotatable bonds is 2. The molecule has 0 unspecified atom stereocenters. The lowest BCUT2D eigenvalue weighted by Crippen LogP contribution is -2.40. The summed E-state index contributed by atoms with van der Waals surface area (Å²) in [6.07, 6.45) is 0.174. The molecular weight excluding hydrogens is 185 g/mol. The van der Waals surface area contributed by atoms with Crippen molar-refractivity contribution in [3.05, 3.63) is 29.6 Å². The molecule has 1 heterocycles. The minimum atomic E-state index is -0.394. The lowest BCUT2D eigenvalue weighted by Gasteiger charge is -2.33. The Morgan fingerprint density at radius 3 is 2.71 bits per heavy atom. The summed E-state index contributed by atoms with van der Waals surface area (Å²) in [6, 6.07) is 4.73. The number of hydrogen-bond donors (Lipinski definition) is 1. The van der Waals surface area contributed by atoms with E-state index >= 15 is 0 Å². The van der Waals surface area contributed by atoms with Crippen LogP contribution in [0.1, 0.15) is 12.5 Å². The Morgan fingerprint density at radius 2 is 2.14 bits per heavy atom. The highest BCUT2D eigenvalue weighted by Crippen LogP contribution is 2.21. The highest BCUT2D eigenvalue weighted by molar-refractivity contribution is 5.41. The molecule has 0 aromatic heterocycles. The van der Waals surface area contributed by atoms with E-state index in [0.717, 1.165) is 5.56 Å². The van der Waals surface area contributed by atoms with Crippen molar-refractivity contribution in [3.63, 3.8) is 0 Å². The fourth-order valence-corrected chi connectivity index (χ4v) is 1.42. The van der Waals surface area contributed by atoms with Crippen LogP contribution in [-0.2, 0) is 15.9 Å². The van der Waals surface area contributed by atoms with Crippen LogP contribution in [0.4, 0.5) is 10.1 Å². The van der Waals surface area contributed by atoms with Gasteiger partial charge in [0.2, 0.25) is 0 Å². The maximum atomic E-state index is 13.0. The van der Waals surface area contributed by atoms with Crippen molar-refractivity contribution in [1.29, 1.82) is 0 Å². The molecule has 14 heavy (non-hydrogen) atoms. The van der Waals surface area contributed by atoms with Gasteiger partial charge in [-0.2, -0.15) is 0 Å². The lowest BCUT2D eigenvalue weighted by molar-refractivity contribution is -0.374. The van der Waals surface area contributed by atoms with E-state index in [0.29, 0.717) is 6.42 Å². The van der Waals surface area contributed by atoms with Gasteiger partial charge in [-0.25, -0.2) is 4.39 Å². The van der Waals surface area contributed by atoms with E-state index < -0.39 is 5.82 Å². The molecule has 0 bridgehead atoms. The van der Waals surface area contributed by atoms with Crippen LogP contribution < -0.4 is 5.73 Å². The predicted molar refractivity (Wildman–Crippen MR) is 49.9 cm³/mol. The Labute approximate surface area is 81.6 Å². The summed E-state index contributed by atoms with van der Waals surface area (Å²) in [7, 11) is 0. The molecule has 4 heteroatoms. The van der Waals surface area contributed by atoms with Gasteiger partial charge >= 0.3 is 0 Å². The van der Waals surface area contributed by atoms with Gasteiger partial charge in [-0.1, -0.05) is 6.07 Å². The molecule has 1 aliphatic heterocycles. The molecular formula is C10H12FNO2. The first-order valence-electron chi connectivity index (χ1n) is 4.50. The maximum absolute atomic E-state index is 13.0. The zero-order valence-electron chi connectivity index (χ0n) is 7.87. The average molecular weight is 197 g/mol. The van der Waals surface area contributed by atoms with Crippen molar-refractivity contribution in [2.24, 2.45) is 0 Å². The number of nitrogens with two attached hydrogens (primary N) is 1. The molecule has 1 aromatic carbocycles. The van der Waals surface area contributed by atoms with Crippen LogP contribution in [-0.4, -0.2) is 12.6 Å². The van der Waals surface area contributed by atoms with Gasteiger partial charge in [-0.05, 0) is 24.6 Å². The molecule has 3 nitrogen and oxygen atoms in total. The summed E-state index contributed by atoms with van der Waals surface area (Å²) in [5.41, 5.74) is 6.34. The third kappa shape index (κ3) is 1.86. The summed E-state index contributed by atoms with van der Waals surface area (Å²) in [4.78, 5) is 0. The molecule has 0 amide bonds. The van der Waals surface area contributed by atoms with E-state index in [9.17, 15) is 4.39 Å². The van der Waals surface area contributed by atoms with Gasteiger partial charge in [-0.15, -0.1) is 0 Å². The number of hydrogen-bond acceptors (Lipinski definition) is 3. The monoisotopic (exact) mass is 197 g/mol. The van der Waals surface area contributed by atoms with Gasteiger partial charge in [0.05, 0.1) is 5.69 Å². The van der Waals surface area contributed by atoms with E-state index in [1.54, 1.807) is 12.1 Å². The highest BCUT2D eigenvalue weighted by Gasteiger charge is 2.26. The van der Waals surface area contributed by atoms with Crippen molar-refractivity contribution in [2.45, 2.75) is 25.9 Å². The zero-order chi connectivity index (χ0) is 10.1. The Balaban J connectivity index is 2.00. The Bertz CT molecular complexity index is 337. The number of halogens is 1. The van der Waals surface area contributed by atoms with Gasteiger partial charge in [-0.3, -0.25) is 0 Å². The first-order chi connectivity index (χ1) is 6.65. The molecule has 0 aliphatic carbocycles. The number of anilines is 1. The molecule has 1 aromatic rings. The van der Waals surface area contributed by atoms with Crippen molar-refractivity contribution in [1.82, 2.24) is 0 Å². The first kappa shape index (κ1) is 9.43. The summed E-state index contributed by atoms with van der Waals surface area (Å²) in [6.45, 7) is 1.82. The van der Waals surface area contributed by atoms with Crippen LogP contribution in [0.25, 0.3) is 0 Å². The topological polar surface area (TPSA) is 44.5 Å². The number of nitrogen functional groups attached to an aromatic ring is 1. The molecule has 0 saturated carbocycles. The molecule has 0 spiro atoms. The Morgan fingerprint density at radius 1 is 1.43 bits per heavy atom. The van der Waals surface area contributed by atoms with Crippen LogP contribution in [0.5, 0.6) is 0 Å². The standard InChI is InChI=1S/C10H12FNO2/c1-6-13-10(14-6)5-7-2-3-9(12)8(11)4-7/h2-4,6,10H,5,12H2,1H3. The van der Waals surface area contributed by atoms with E-state index in [2.05, 4.69) is 0 Å². The van der Waals surface area contributed by atoms with Crippen molar-refractivity contribution in [2.75, 3.05) is 5.73 Å². The second kappa shape index (κ2) is 3.55. The smallest absolute Gasteiger partial charge is 0.167 e. The molecule has 1 saturated heterocycles. The zero-order valence-corrected chi connectivity index (χ0v) is 7.87. The average Bonchev–Trinajstić information content (AvgIpc) is 2.09. The SMILES string of the molecule is CC1OC(Cc2ccc(N)c(F)c2)O1. The Kier molecular flexibility index (Phi) is 2.39. The van der Waals surface area contributed by atoms with Crippen molar-refractivity contribution < 1.29 is 13.9 Å². The minimum Gasteiger partial charge on any atom is -0.396 e. The van der Waals surface area contributed by atoms with Gasteiger partial charge in [0.1, 0.15) is 5.82 Å². The number of ether oxygens (including phenoxy) is 2. The molecule has 0 radical (unpaired) electrons. The van der Waals surface area contributed by atoms with Crippen LogP contribution in [0.2, 0.25) is 0 Å². The lowest BCUT2D eigenvalue weighted by atomic mass is 10.1. The second-order valence-corrected chi connectivity index (χ2v) is 3.33. The highest BCUT2D eigenvalue weighted by atomic mass is 19.1. The van der Waals surface area contributed by atoms with Crippen molar-refractivity contribution >= 4 is 5.69 Å². The molecule has 2 N–H and O–H groups in total. The summed E-state index contributed by atoms with van der Waals surface area (Å²) in [5.74, 6) is -0.394. The molecule has 1 fully saturated rings. The van der Waals surface area contributed by atoms with Crippen LogP contribution in [0, 0.1) is 5.82 Å². The van der Waals surface area contributed by atoms with Crippen LogP contribution in [0.3, 0.4) is 0 Å². The maximum Gasteiger partial charge on any atom is 0.167 e. The first-order valence-corrected chi connectivity index (χ1v) is 4.50. The molecule has 1 aliphatic rings. The molecule has 0 atom stereocenters. The fourth-order valence-electron chi connectivity index (χ4n) is 1.42. The van der Waals surface area contributed by atoms with E-state index in [1.807, 2.05) is 6.92 Å². The largest absolute Gasteiger partial charge is 0.396 e. The van der Waals surface area contributed by atoms with Gasteiger partial charge in [0, 0.05) is 6.42 Å². The fraction of sp³-hybridized carbons (Fsp3) is 0.400. The van der Waals surface area contributed by atoms with Crippen molar-refractivity contribution in [3.8, 4) is 0 Å². The quantitative estimate of drug-likeness (QED) is 0.733. The third-order valence-electron chi connectivity index (χ3n) is 2.15. The normalized spacial score (nSPS) is 25.9.